The molecule has 0 aliphatic heterocycles. The van der Waals surface area contributed by atoms with Gasteiger partial charge in [-0.2, -0.15) is 0 Å². The van der Waals surface area contributed by atoms with Crippen LogP contribution < -0.4 is 5.73 Å². The van der Waals surface area contributed by atoms with Crippen LogP contribution in [0, 0.1) is 0 Å². The maximum absolute atomic E-state index is 5.79. The van der Waals surface area contributed by atoms with Crippen LogP contribution in [-0.4, -0.2) is 28.0 Å². The molecule has 16 heavy (non-hydrogen) atoms. The molecule has 0 amide bonds. The van der Waals surface area contributed by atoms with Crippen molar-refractivity contribution in [1.82, 2.24) is 9.88 Å². The molecule has 0 saturated heterocycles. The van der Waals surface area contributed by atoms with Gasteiger partial charge in [0.05, 0.1) is 4.99 Å². The molecule has 4 heteroatoms. The molecule has 0 fully saturated rings. The maximum atomic E-state index is 5.79. The van der Waals surface area contributed by atoms with Gasteiger partial charge in [0.2, 0.25) is 0 Å². The second kappa shape index (κ2) is 6.25. The van der Waals surface area contributed by atoms with Gasteiger partial charge in [-0.15, -0.1) is 13.2 Å². The zero-order chi connectivity index (χ0) is 12.0. The lowest BCUT2D eigenvalue weighted by atomic mass is 10.1. The predicted molar refractivity (Wildman–Crippen MR) is 72.3 cm³/mol. The molecule has 1 heterocycles. The first-order valence-corrected chi connectivity index (χ1v) is 5.50. The van der Waals surface area contributed by atoms with Gasteiger partial charge >= 0.3 is 0 Å². The average molecular weight is 235 g/mol. The molecule has 1 unspecified atom stereocenters. The fourth-order valence-corrected chi connectivity index (χ4v) is 1.94. The van der Waals surface area contributed by atoms with E-state index in [0.717, 1.165) is 5.69 Å². The van der Waals surface area contributed by atoms with Crippen molar-refractivity contribution in [1.29, 1.82) is 0 Å². The molecule has 0 aliphatic rings. The zero-order valence-corrected chi connectivity index (χ0v) is 10.0. The highest BCUT2D eigenvalue weighted by atomic mass is 32.1. The Morgan fingerprint density at radius 2 is 2.12 bits per heavy atom. The molecule has 3 nitrogen and oxygen atoms in total. The lowest BCUT2D eigenvalue weighted by Crippen LogP contribution is -2.37. The van der Waals surface area contributed by atoms with Crippen LogP contribution >= 0.6 is 12.2 Å². The van der Waals surface area contributed by atoms with Crippen molar-refractivity contribution >= 4 is 17.2 Å². The Labute approximate surface area is 102 Å². The number of H-pyrrole nitrogens is 1. The monoisotopic (exact) mass is 235 g/mol. The lowest BCUT2D eigenvalue weighted by Gasteiger charge is -2.28. The lowest BCUT2D eigenvalue weighted by molar-refractivity contribution is 0.298. The third-order valence-corrected chi connectivity index (χ3v) is 2.50. The number of nitrogens with two attached hydrogens (primary N) is 1. The minimum absolute atomic E-state index is 0.0963. The molecular weight excluding hydrogens is 218 g/mol. The summed E-state index contributed by atoms with van der Waals surface area (Å²) in [5, 5.41) is 0. The Kier molecular flexibility index (Phi) is 4.95. The van der Waals surface area contributed by atoms with E-state index in [0.29, 0.717) is 18.1 Å². The second-order valence-electron chi connectivity index (χ2n) is 3.46. The number of rotatable bonds is 7. The summed E-state index contributed by atoms with van der Waals surface area (Å²) >= 11 is 5.12. The summed E-state index contributed by atoms with van der Waals surface area (Å²) in [4.78, 5) is 5.69. The van der Waals surface area contributed by atoms with Gasteiger partial charge in [-0.1, -0.05) is 24.4 Å². The molecule has 0 saturated carbocycles. The van der Waals surface area contributed by atoms with Gasteiger partial charge in [0.1, 0.15) is 6.04 Å². The van der Waals surface area contributed by atoms with E-state index in [1.807, 2.05) is 30.5 Å². The first-order valence-electron chi connectivity index (χ1n) is 5.09. The van der Waals surface area contributed by atoms with Crippen molar-refractivity contribution in [3.05, 3.63) is 49.3 Å². The molecule has 0 spiro atoms. The standard InChI is InChI=1S/C12H17N3S/c1-3-8-15(9-4-2)11(12(13)16)10-6-5-7-14-10/h3-7,11,14H,1-2,8-9H2,(H2,13,16). The quantitative estimate of drug-likeness (QED) is 0.561. The SMILES string of the molecule is C=CCN(CC=C)C(C(N)=S)c1ccc[nH]1. The van der Waals surface area contributed by atoms with Crippen molar-refractivity contribution < 1.29 is 0 Å². The van der Waals surface area contributed by atoms with Crippen LogP contribution in [0.15, 0.2) is 43.6 Å². The molecule has 0 radical (unpaired) electrons. The zero-order valence-electron chi connectivity index (χ0n) is 9.23. The van der Waals surface area contributed by atoms with E-state index in [9.17, 15) is 0 Å². The van der Waals surface area contributed by atoms with E-state index >= 15 is 0 Å². The minimum Gasteiger partial charge on any atom is -0.392 e. The van der Waals surface area contributed by atoms with Crippen LogP contribution in [0.25, 0.3) is 0 Å². The van der Waals surface area contributed by atoms with Gasteiger partial charge in [-0.25, -0.2) is 0 Å². The van der Waals surface area contributed by atoms with Crippen molar-refractivity contribution in [3.8, 4) is 0 Å². The highest BCUT2D eigenvalue weighted by Gasteiger charge is 2.21. The first-order chi connectivity index (χ1) is 7.70. The molecule has 1 aromatic heterocycles. The van der Waals surface area contributed by atoms with Crippen LogP contribution in [0.3, 0.4) is 0 Å². The Hall–Kier alpha value is -1.39. The third-order valence-electron chi connectivity index (χ3n) is 2.28. The van der Waals surface area contributed by atoms with E-state index in [4.69, 9.17) is 18.0 Å². The molecule has 1 aromatic rings. The highest BCUT2D eigenvalue weighted by molar-refractivity contribution is 7.80. The first kappa shape index (κ1) is 12.7. The van der Waals surface area contributed by atoms with Gasteiger partial charge < -0.3 is 10.7 Å². The smallest absolute Gasteiger partial charge is 0.101 e. The van der Waals surface area contributed by atoms with E-state index in [1.54, 1.807) is 0 Å². The van der Waals surface area contributed by atoms with E-state index in [2.05, 4.69) is 23.0 Å². The Bertz CT molecular complexity index is 346. The summed E-state index contributed by atoms with van der Waals surface area (Å²) in [6, 6.07) is 3.81. The summed E-state index contributed by atoms with van der Waals surface area (Å²) in [6.45, 7) is 8.90. The molecule has 0 bridgehead atoms. The van der Waals surface area contributed by atoms with Crippen LogP contribution in [0.2, 0.25) is 0 Å². The summed E-state index contributed by atoms with van der Waals surface area (Å²) in [5.74, 6) is 0. The van der Waals surface area contributed by atoms with Crippen molar-refractivity contribution in [2.45, 2.75) is 6.04 Å². The molecule has 0 aliphatic carbocycles. The molecule has 86 valence electrons. The van der Waals surface area contributed by atoms with E-state index in [1.165, 1.54) is 0 Å². The molecular formula is C12H17N3S. The number of nitrogens with zero attached hydrogens (tertiary/aromatic N) is 1. The number of hydrogen-bond acceptors (Lipinski definition) is 2. The van der Waals surface area contributed by atoms with Crippen LogP contribution in [0.5, 0.6) is 0 Å². The van der Waals surface area contributed by atoms with Gasteiger partial charge in [0, 0.05) is 25.0 Å². The summed E-state index contributed by atoms with van der Waals surface area (Å²) in [7, 11) is 0. The third kappa shape index (κ3) is 3.05. The van der Waals surface area contributed by atoms with Crippen LogP contribution in [0.1, 0.15) is 11.7 Å². The summed E-state index contributed by atoms with van der Waals surface area (Å²) in [6.07, 6.45) is 5.52. The maximum Gasteiger partial charge on any atom is 0.101 e. The van der Waals surface area contributed by atoms with Gasteiger partial charge in [-0.3, -0.25) is 4.90 Å². The molecule has 3 N–H and O–H groups in total. The highest BCUT2D eigenvalue weighted by Crippen LogP contribution is 2.19. The number of nitrogens with one attached hydrogen (secondary N) is 1. The van der Waals surface area contributed by atoms with Crippen LogP contribution in [0.4, 0.5) is 0 Å². The largest absolute Gasteiger partial charge is 0.392 e. The van der Waals surface area contributed by atoms with Crippen molar-refractivity contribution in [3.63, 3.8) is 0 Å². The number of thiocarbonyl (C=S) groups is 1. The number of aromatic nitrogens is 1. The Balaban J connectivity index is 2.94. The molecule has 1 atom stereocenters. The summed E-state index contributed by atoms with van der Waals surface area (Å²) < 4.78 is 0. The van der Waals surface area contributed by atoms with Gasteiger partial charge in [-0.05, 0) is 12.1 Å². The fourth-order valence-electron chi connectivity index (χ4n) is 1.66. The number of hydrogen-bond donors (Lipinski definition) is 2. The fraction of sp³-hybridized carbons (Fsp3) is 0.250. The van der Waals surface area contributed by atoms with E-state index in [-0.39, 0.29) is 6.04 Å². The molecule has 0 aromatic carbocycles. The minimum atomic E-state index is -0.0963. The predicted octanol–water partition coefficient (Wildman–Crippen LogP) is 2.02. The van der Waals surface area contributed by atoms with Crippen molar-refractivity contribution in [2.75, 3.05) is 13.1 Å². The van der Waals surface area contributed by atoms with Crippen LogP contribution in [-0.2, 0) is 0 Å². The topological polar surface area (TPSA) is 45.0 Å². The van der Waals surface area contributed by atoms with Gasteiger partial charge in [0.25, 0.3) is 0 Å². The average Bonchev–Trinajstić information content (AvgIpc) is 2.71. The summed E-state index contributed by atoms with van der Waals surface area (Å²) in [5.41, 5.74) is 6.79. The Morgan fingerprint density at radius 3 is 2.50 bits per heavy atom. The van der Waals surface area contributed by atoms with Gasteiger partial charge in [0.15, 0.2) is 0 Å². The normalized spacial score (nSPS) is 12.3. The Morgan fingerprint density at radius 1 is 1.50 bits per heavy atom. The second-order valence-corrected chi connectivity index (χ2v) is 3.93. The molecule has 1 rings (SSSR count). The van der Waals surface area contributed by atoms with E-state index < -0.39 is 0 Å². The number of aromatic amines is 1. The van der Waals surface area contributed by atoms with Crippen molar-refractivity contribution in [2.24, 2.45) is 5.73 Å².